The Kier molecular flexibility index (Phi) is 4.03. The van der Waals surface area contributed by atoms with Crippen molar-refractivity contribution < 1.29 is 24.7 Å². The molecular weight excluding hydrogens is 292 g/mol. The van der Waals surface area contributed by atoms with Crippen molar-refractivity contribution in [3.63, 3.8) is 0 Å². The zero-order valence-corrected chi connectivity index (χ0v) is 11.0. The first-order valence-electron chi connectivity index (χ1n) is 5.98. The number of hydrogen-bond donors (Lipinski definition) is 2. The fraction of sp³-hybridized carbons (Fsp3) is 0. The molecule has 0 spiro atoms. The molecule has 2 aromatic carbocycles. The third-order valence-electron chi connectivity index (χ3n) is 2.81. The van der Waals surface area contributed by atoms with Gasteiger partial charge >= 0.3 is 5.97 Å². The quantitative estimate of drug-likeness (QED) is 0.651. The minimum atomic E-state index is -1.35. The Morgan fingerprint density at radius 3 is 2.23 bits per heavy atom. The zero-order valence-electron chi connectivity index (χ0n) is 11.0. The summed E-state index contributed by atoms with van der Waals surface area (Å²) in [7, 11) is 0. The van der Waals surface area contributed by atoms with E-state index in [1.165, 1.54) is 30.3 Å². The Labute approximate surface area is 123 Å². The maximum Gasteiger partial charge on any atom is 0.335 e. The van der Waals surface area contributed by atoms with Crippen LogP contribution in [0.25, 0.3) is 0 Å². The third kappa shape index (κ3) is 3.18. The standard InChI is InChI=1S/C14H10N2O6/c17-12-7-9(3-6-11(12)14(19)20)15-13(18)8-1-4-10(5-2-8)16(21)22/h1-7,17H,(H,15,18)(H,19,20)/p-1. The first kappa shape index (κ1) is 15.0. The highest BCUT2D eigenvalue weighted by Crippen LogP contribution is 2.20. The molecular formula is C14H9N2O6-. The first-order chi connectivity index (χ1) is 10.4. The van der Waals surface area contributed by atoms with E-state index in [1.54, 1.807) is 0 Å². The van der Waals surface area contributed by atoms with E-state index in [0.717, 1.165) is 12.1 Å². The number of benzene rings is 2. The Hall–Kier alpha value is -3.42. The van der Waals surface area contributed by atoms with Gasteiger partial charge in [-0.05, 0) is 30.3 Å². The SMILES string of the molecule is O=C(Nc1ccc(C(=O)O)c([O-])c1)c1ccc([N+](=O)[O-])cc1. The highest BCUT2D eigenvalue weighted by atomic mass is 16.6. The van der Waals surface area contributed by atoms with Gasteiger partial charge in [0.1, 0.15) is 0 Å². The Balaban J connectivity index is 2.16. The van der Waals surface area contributed by atoms with E-state index in [2.05, 4.69) is 5.32 Å². The number of nitrogens with zero attached hydrogens (tertiary/aromatic N) is 1. The molecule has 2 rings (SSSR count). The van der Waals surface area contributed by atoms with Gasteiger partial charge in [0.05, 0.1) is 10.5 Å². The van der Waals surface area contributed by atoms with Crippen LogP contribution in [0.4, 0.5) is 11.4 Å². The van der Waals surface area contributed by atoms with E-state index in [4.69, 9.17) is 5.11 Å². The lowest BCUT2D eigenvalue weighted by Crippen LogP contribution is -2.13. The smallest absolute Gasteiger partial charge is 0.335 e. The molecule has 2 N–H and O–H groups in total. The number of carbonyl (C=O) groups excluding carboxylic acids is 1. The summed E-state index contributed by atoms with van der Waals surface area (Å²) >= 11 is 0. The summed E-state index contributed by atoms with van der Waals surface area (Å²) in [4.78, 5) is 32.6. The molecule has 0 atom stereocenters. The van der Waals surface area contributed by atoms with Crippen LogP contribution in [0.3, 0.4) is 0 Å². The predicted octanol–water partition coefficient (Wildman–Crippen LogP) is 1.62. The van der Waals surface area contributed by atoms with Gasteiger partial charge in [0.15, 0.2) is 0 Å². The molecule has 112 valence electrons. The van der Waals surface area contributed by atoms with Gasteiger partial charge in [-0.2, -0.15) is 0 Å². The van der Waals surface area contributed by atoms with Crippen molar-refractivity contribution >= 4 is 23.3 Å². The number of aromatic carboxylic acids is 1. The van der Waals surface area contributed by atoms with Gasteiger partial charge in [-0.3, -0.25) is 14.9 Å². The maximum absolute atomic E-state index is 11.9. The number of nitro benzene ring substituents is 1. The molecule has 0 fully saturated rings. The number of carbonyl (C=O) groups is 2. The molecule has 0 radical (unpaired) electrons. The van der Waals surface area contributed by atoms with Gasteiger partial charge in [-0.25, -0.2) is 4.79 Å². The molecule has 0 saturated heterocycles. The Morgan fingerprint density at radius 2 is 1.73 bits per heavy atom. The van der Waals surface area contributed by atoms with Crippen LogP contribution >= 0.6 is 0 Å². The van der Waals surface area contributed by atoms with Crippen LogP contribution in [0.1, 0.15) is 20.7 Å². The van der Waals surface area contributed by atoms with Gasteiger partial charge < -0.3 is 15.5 Å². The summed E-state index contributed by atoms with van der Waals surface area (Å²) in [5.41, 5.74) is -0.240. The lowest BCUT2D eigenvalue weighted by molar-refractivity contribution is -0.384. The minimum Gasteiger partial charge on any atom is -0.872 e. The van der Waals surface area contributed by atoms with Crippen molar-refractivity contribution in [1.82, 2.24) is 0 Å². The van der Waals surface area contributed by atoms with E-state index in [9.17, 15) is 24.8 Å². The summed E-state index contributed by atoms with van der Waals surface area (Å²) in [6.07, 6.45) is 0. The van der Waals surface area contributed by atoms with Crippen LogP contribution < -0.4 is 10.4 Å². The highest BCUT2D eigenvalue weighted by molar-refractivity contribution is 6.04. The van der Waals surface area contributed by atoms with Gasteiger partial charge in [0, 0.05) is 23.4 Å². The van der Waals surface area contributed by atoms with E-state index in [1.807, 2.05) is 0 Å². The molecule has 0 aliphatic carbocycles. The monoisotopic (exact) mass is 301 g/mol. The number of carboxylic acid groups (broad SMARTS) is 1. The molecule has 0 aromatic heterocycles. The number of amides is 1. The largest absolute Gasteiger partial charge is 0.872 e. The molecule has 0 unspecified atom stereocenters. The number of nitro groups is 1. The lowest BCUT2D eigenvalue weighted by Gasteiger charge is -2.13. The fourth-order valence-corrected chi connectivity index (χ4v) is 1.71. The molecule has 8 heteroatoms. The van der Waals surface area contributed by atoms with Gasteiger partial charge in [-0.15, -0.1) is 0 Å². The Bertz CT molecular complexity index is 754. The molecule has 2 aromatic rings. The number of nitrogens with one attached hydrogen (secondary N) is 1. The van der Waals surface area contributed by atoms with Gasteiger partial charge in [-0.1, -0.05) is 5.75 Å². The van der Waals surface area contributed by atoms with E-state index in [0.29, 0.717) is 0 Å². The second kappa shape index (κ2) is 5.92. The Morgan fingerprint density at radius 1 is 1.09 bits per heavy atom. The van der Waals surface area contributed by atoms with Crippen LogP contribution in [-0.2, 0) is 0 Å². The van der Waals surface area contributed by atoms with E-state index < -0.39 is 28.1 Å². The average molecular weight is 301 g/mol. The van der Waals surface area contributed by atoms with Crippen LogP contribution in [-0.4, -0.2) is 21.9 Å². The third-order valence-corrected chi connectivity index (χ3v) is 2.81. The van der Waals surface area contributed by atoms with Crippen molar-refractivity contribution in [2.24, 2.45) is 0 Å². The number of carboxylic acids is 1. The van der Waals surface area contributed by atoms with Crippen LogP contribution in [0, 0.1) is 10.1 Å². The first-order valence-corrected chi connectivity index (χ1v) is 5.98. The molecule has 22 heavy (non-hydrogen) atoms. The van der Waals surface area contributed by atoms with Gasteiger partial charge in [0.2, 0.25) is 0 Å². The number of anilines is 1. The molecule has 8 nitrogen and oxygen atoms in total. The topological polar surface area (TPSA) is 133 Å². The highest BCUT2D eigenvalue weighted by Gasteiger charge is 2.10. The average Bonchev–Trinajstić information content (AvgIpc) is 2.47. The van der Waals surface area contributed by atoms with Crippen molar-refractivity contribution in [2.75, 3.05) is 5.32 Å². The van der Waals surface area contributed by atoms with Crippen molar-refractivity contribution in [1.29, 1.82) is 0 Å². The normalized spacial score (nSPS) is 10.0. The molecule has 1 amide bonds. The molecule has 0 heterocycles. The summed E-state index contributed by atoms with van der Waals surface area (Å²) in [5.74, 6) is -2.65. The molecule has 0 aliphatic heterocycles. The molecule has 0 bridgehead atoms. The summed E-state index contributed by atoms with van der Waals surface area (Å²) < 4.78 is 0. The van der Waals surface area contributed by atoms with E-state index >= 15 is 0 Å². The lowest BCUT2D eigenvalue weighted by atomic mass is 10.1. The zero-order chi connectivity index (χ0) is 16.3. The second-order valence-electron chi connectivity index (χ2n) is 4.27. The number of rotatable bonds is 4. The van der Waals surface area contributed by atoms with E-state index in [-0.39, 0.29) is 16.9 Å². The summed E-state index contributed by atoms with van der Waals surface area (Å²) in [5, 5.41) is 33.2. The summed E-state index contributed by atoms with van der Waals surface area (Å²) in [6.45, 7) is 0. The molecule has 0 aliphatic rings. The van der Waals surface area contributed by atoms with Crippen molar-refractivity contribution in [2.45, 2.75) is 0 Å². The van der Waals surface area contributed by atoms with Crippen LogP contribution in [0.5, 0.6) is 5.75 Å². The fourth-order valence-electron chi connectivity index (χ4n) is 1.71. The number of non-ortho nitro benzene ring substituents is 1. The van der Waals surface area contributed by atoms with Crippen LogP contribution in [0.15, 0.2) is 42.5 Å². The van der Waals surface area contributed by atoms with Crippen LogP contribution in [0.2, 0.25) is 0 Å². The number of hydrogen-bond acceptors (Lipinski definition) is 5. The maximum atomic E-state index is 11.9. The summed E-state index contributed by atoms with van der Waals surface area (Å²) in [6, 6.07) is 8.29. The van der Waals surface area contributed by atoms with Gasteiger partial charge in [0.25, 0.3) is 11.6 Å². The minimum absolute atomic E-state index is 0.137. The molecule has 0 saturated carbocycles. The second-order valence-corrected chi connectivity index (χ2v) is 4.27. The predicted molar refractivity (Wildman–Crippen MR) is 73.9 cm³/mol. The van der Waals surface area contributed by atoms with Crippen molar-refractivity contribution in [3.05, 3.63) is 63.7 Å². The van der Waals surface area contributed by atoms with Crippen molar-refractivity contribution in [3.8, 4) is 5.75 Å².